The van der Waals surface area contributed by atoms with Crippen molar-refractivity contribution in [1.29, 1.82) is 0 Å². The topological polar surface area (TPSA) is 55.9 Å². The van der Waals surface area contributed by atoms with Crippen LogP contribution in [0.25, 0.3) is 43.4 Å². The fraction of sp³-hybridized carbons (Fsp3) is 0. The van der Waals surface area contributed by atoms with Gasteiger partial charge >= 0.3 is 8.03 Å². The predicted octanol–water partition coefficient (Wildman–Crippen LogP) is 6.04. The summed E-state index contributed by atoms with van der Waals surface area (Å²) in [6.45, 7) is 0. The lowest BCUT2D eigenvalue weighted by Crippen LogP contribution is -2.05. The molecule has 0 saturated carbocycles. The molecule has 5 aromatic carbocycles. The van der Waals surface area contributed by atoms with E-state index in [0.29, 0.717) is 5.30 Å². The van der Waals surface area contributed by atoms with Crippen LogP contribution in [0.2, 0.25) is 0 Å². The summed E-state index contributed by atoms with van der Waals surface area (Å²) in [6.07, 6.45) is 0. The Bertz CT molecular complexity index is 1480. The first-order valence-corrected chi connectivity index (χ1v) is 10.9. The molecule has 0 aliphatic heterocycles. The Morgan fingerprint density at radius 2 is 1.10 bits per heavy atom. The van der Waals surface area contributed by atoms with Crippen LogP contribution in [0.15, 0.2) is 103 Å². The molecule has 1 heterocycles. The second-order valence-electron chi connectivity index (χ2n) is 7.13. The van der Waals surface area contributed by atoms with Gasteiger partial charge in [0.15, 0.2) is 5.30 Å². The summed E-state index contributed by atoms with van der Waals surface area (Å²) in [5.41, 5.74) is 2.42. The van der Waals surface area contributed by atoms with Crippen LogP contribution in [0, 0.1) is 0 Å². The number of hydrogen-bond donors (Lipinski definition) is 1. The van der Waals surface area contributed by atoms with Crippen LogP contribution >= 0.6 is 8.03 Å². The zero-order valence-corrected chi connectivity index (χ0v) is 17.0. The molecule has 1 N–H and O–H groups in total. The van der Waals surface area contributed by atoms with Crippen LogP contribution in [0.4, 0.5) is 0 Å². The molecule has 1 atom stereocenters. The number of benzene rings is 5. The minimum atomic E-state index is -2.55. The lowest BCUT2D eigenvalue weighted by molar-refractivity contribution is -0.160. The average Bonchev–Trinajstić information content (AvgIpc) is 3.17. The third-order valence-corrected chi connectivity index (χ3v) is 6.16. The largest absolute Gasteiger partial charge is 0.591 e. The maximum absolute atomic E-state index is 11.2. The molecule has 3 nitrogen and oxygen atoms in total. The number of aromatic nitrogens is 1. The summed E-state index contributed by atoms with van der Waals surface area (Å²) >= 11 is 0. The zero-order chi connectivity index (χ0) is 20.5. The molecule has 0 amide bonds. The molecule has 30 heavy (non-hydrogen) atoms. The summed E-state index contributed by atoms with van der Waals surface area (Å²) in [6, 6.07) is 34.0. The molecule has 1 aromatic heterocycles. The summed E-state index contributed by atoms with van der Waals surface area (Å²) in [7, 11) is -2.55. The molecule has 0 aliphatic carbocycles. The number of para-hydroxylation sites is 2. The fourth-order valence-electron chi connectivity index (χ4n) is 3.98. The Kier molecular flexibility index (Phi) is 4.76. The van der Waals surface area contributed by atoms with Gasteiger partial charge in [-0.3, -0.25) is 0 Å². The van der Waals surface area contributed by atoms with Crippen LogP contribution in [0.5, 0.6) is 0 Å². The quantitative estimate of drug-likeness (QED) is 0.267. The van der Waals surface area contributed by atoms with Crippen molar-refractivity contribution in [3.05, 3.63) is 103 Å². The molecular formula is C26H18NO2P. The molecule has 0 fully saturated rings. The van der Waals surface area contributed by atoms with Crippen LogP contribution in [0.3, 0.4) is 0 Å². The lowest BCUT2D eigenvalue weighted by atomic mass is 10.0. The Morgan fingerprint density at radius 3 is 1.77 bits per heavy atom. The number of aromatic amines is 1. The summed E-state index contributed by atoms with van der Waals surface area (Å²) < 4.78 is 11.2. The summed E-state index contributed by atoms with van der Waals surface area (Å²) in [5.74, 6) is 0. The molecular weight excluding hydrogens is 389 g/mol. The second kappa shape index (κ2) is 7.72. The van der Waals surface area contributed by atoms with Crippen molar-refractivity contribution in [3.8, 4) is 0 Å². The third kappa shape index (κ3) is 3.25. The Hall–Kier alpha value is -3.52. The van der Waals surface area contributed by atoms with Gasteiger partial charge in [0, 0.05) is 27.2 Å². The van der Waals surface area contributed by atoms with E-state index in [-0.39, 0.29) is 0 Å². The lowest BCUT2D eigenvalue weighted by Gasteiger charge is -2.04. The summed E-state index contributed by atoms with van der Waals surface area (Å²) in [5, 5.41) is 6.99. The zero-order valence-electron chi connectivity index (χ0n) is 16.1. The van der Waals surface area contributed by atoms with E-state index in [0.717, 1.165) is 21.5 Å². The highest BCUT2D eigenvalue weighted by molar-refractivity contribution is 7.46. The van der Waals surface area contributed by atoms with Crippen LogP contribution < -0.4 is 10.2 Å². The van der Waals surface area contributed by atoms with Crippen LogP contribution in [-0.4, -0.2) is 4.98 Å². The van der Waals surface area contributed by atoms with E-state index >= 15 is 0 Å². The highest BCUT2D eigenvalue weighted by Crippen LogP contribution is 2.27. The molecule has 144 valence electrons. The van der Waals surface area contributed by atoms with Crippen LogP contribution in [0.1, 0.15) is 0 Å². The van der Waals surface area contributed by atoms with E-state index in [1.165, 1.54) is 21.8 Å². The predicted molar refractivity (Wildman–Crippen MR) is 124 cm³/mol. The van der Waals surface area contributed by atoms with E-state index in [1.54, 1.807) is 12.1 Å². The smallest absolute Gasteiger partial charge is 0.349 e. The molecule has 0 spiro atoms. The molecule has 0 radical (unpaired) electrons. The number of nitrogens with one attached hydrogen (secondary N) is 1. The second-order valence-corrected chi connectivity index (χ2v) is 8.13. The van der Waals surface area contributed by atoms with Gasteiger partial charge < -0.3 is 9.88 Å². The Balaban J connectivity index is 0.000000133. The highest BCUT2D eigenvalue weighted by Gasteiger charge is 2.13. The van der Waals surface area contributed by atoms with Gasteiger partial charge in [-0.25, -0.2) is 0 Å². The van der Waals surface area contributed by atoms with E-state index in [4.69, 9.17) is 0 Å². The molecule has 6 aromatic rings. The number of H-pyrrole nitrogens is 1. The van der Waals surface area contributed by atoms with Gasteiger partial charge in [0.25, 0.3) is 0 Å². The van der Waals surface area contributed by atoms with E-state index < -0.39 is 8.03 Å². The average molecular weight is 407 g/mol. The van der Waals surface area contributed by atoms with Crippen molar-refractivity contribution < 1.29 is 9.46 Å². The Labute approximate surface area is 174 Å². The van der Waals surface area contributed by atoms with Crippen molar-refractivity contribution in [1.82, 2.24) is 4.98 Å². The first kappa shape index (κ1) is 18.5. The first-order chi connectivity index (χ1) is 14.7. The maximum atomic E-state index is 11.2. The van der Waals surface area contributed by atoms with Crippen molar-refractivity contribution in [3.63, 3.8) is 0 Å². The fourth-order valence-corrected chi connectivity index (χ4v) is 4.58. The van der Waals surface area contributed by atoms with Gasteiger partial charge in [-0.2, -0.15) is 0 Å². The molecule has 0 saturated heterocycles. The van der Waals surface area contributed by atoms with Crippen LogP contribution in [-0.2, 0) is 4.57 Å². The van der Waals surface area contributed by atoms with Crippen molar-refractivity contribution in [2.24, 2.45) is 0 Å². The monoisotopic (exact) mass is 407 g/mol. The van der Waals surface area contributed by atoms with Gasteiger partial charge in [0.05, 0.1) is 0 Å². The number of hydrogen-bond acceptors (Lipinski definition) is 2. The standard InChI is InChI=1S/C14H9O2P.C12H9N/c15-17(16)14-7-3-6-12-11-5-2-1-4-10(11)8-9-13(12)14;1-3-7-11-9(5-1)10-6-2-4-8-12(10)13-11/h1-9H;1-8,13H. The Morgan fingerprint density at radius 1 is 0.533 bits per heavy atom. The molecule has 4 heteroatoms. The minimum Gasteiger partial charge on any atom is -0.591 e. The maximum Gasteiger partial charge on any atom is 0.349 e. The van der Waals surface area contributed by atoms with E-state index in [2.05, 4.69) is 53.5 Å². The first-order valence-electron chi connectivity index (χ1n) is 9.73. The van der Waals surface area contributed by atoms with Crippen molar-refractivity contribution in [2.45, 2.75) is 0 Å². The van der Waals surface area contributed by atoms with E-state index in [9.17, 15) is 9.46 Å². The number of rotatable bonds is 1. The van der Waals surface area contributed by atoms with Gasteiger partial charge in [0.2, 0.25) is 0 Å². The third-order valence-electron chi connectivity index (χ3n) is 5.37. The number of fused-ring (bicyclic) bond motifs is 6. The van der Waals surface area contributed by atoms with Crippen molar-refractivity contribution in [2.75, 3.05) is 0 Å². The molecule has 1 unspecified atom stereocenters. The van der Waals surface area contributed by atoms with Gasteiger partial charge in [-0.1, -0.05) is 83.4 Å². The van der Waals surface area contributed by atoms with Crippen molar-refractivity contribution >= 4 is 56.7 Å². The van der Waals surface area contributed by atoms with Gasteiger partial charge in [-0.05, 0) is 40.4 Å². The molecule has 0 aliphatic rings. The normalized spacial score (nSPS) is 11.6. The minimum absolute atomic E-state index is 0.392. The summed E-state index contributed by atoms with van der Waals surface area (Å²) in [4.78, 5) is 14.6. The van der Waals surface area contributed by atoms with Gasteiger partial charge in [-0.15, -0.1) is 0 Å². The highest BCUT2D eigenvalue weighted by atomic mass is 31.1. The van der Waals surface area contributed by atoms with Gasteiger partial charge in [0.1, 0.15) is 0 Å². The molecule has 0 bridgehead atoms. The van der Waals surface area contributed by atoms with E-state index in [1.807, 2.05) is 42.5 Å². The SMILES string of the molecule is O=[P+]([O-])c1cccc2c1ccc1ccccc12.c1ccc2c(c1)[nH]c1ccccc12. The molecule has 6 rings (SSSR count).